The average Bonchev–Trinajstić information content (AvgIpc) is 3.17. The molecule has 6 nitrogen and oxygen atoms in total. The van der Waals surface area contributed by atoms with E-state index in [0.29, 0.717) is 17.9 Å². The van der Waals surface area contributed by atoms with Crippen LogP contribution in [0.25, 0.3) is 10.2 Å². The first-order valence-corrected chi connectivity index (χ1v) is 9.24. The van der Waals surface area contributed by atoms with Crippen molar-refractivity contribution in [2.24, 2.45) is 18.0 Å². The average molecular weight is 366 g/mol. The molecule has 0 N–H and O–H groups in total. The van der Waals surface area contributed by atoms with Gasteiger partial charge in [0, 0.05) is 26.2 Å². The largest absolute Gasteiger partial charge is 0.336 e. The number of hydrogen-bond donors (Lipinski definition) is 0. The molecule has 0 radical (unpaired) electrons. The van der Waals surface area contributed by atoms with E-state index >= 15 is 0 Å². The molecule has 2 aromatic heterocycles. The minimum atomic E-state index is -0.392. The Morgan fingerprint density at radius 3 is 2.85 bits per heavy atom. The third-order valence-corrected chi connectivity index (χ3v) is 5.68. The number of aryl methyl sites for hydroxylation is 1. The second kappa shape index (κ2) is 6.84. The third kappa shape index (κ3) is 3.17. The predicted octanol–water partition coefficient (Wildman–Crippen LogP) is 2.11. The van der Waals surface area contributed by atoms with Gasteiger partial charge in [0.15, 0.2) is 4.80 Å². The lowest BCUT2D eigenvalue weighted by molar-refractivity contribution is -0.128. The quantitative estimate of drug-likeness (QED) is 0.713. The molecule has 0 spiro atoms. The zero-order chi connectivity index (χ0) is 18.1. The maximum Gasteiger partial charge on any atom is 0.253 e. The molecule has 26 heavy (non-hydrogen) atoms. The molecule has 0 saturated carbocycles. The summed E-state index contributed by atoms with van der Waals surface area (Å²) in [6.07, 6.45) is 1.92. The molecule has 7 heteroatoms. The summed E-state index contributed by atoms with van der Waals surface area (Å²) in [5, 5.41) is 0. The fourth-order valence-electron chi connectivity index (χ4n) is 3.15. The van der Waals surface area contributed by atoms with Crippen LogP contribution in [0.4, 0.5) is 0 Å². The van der Waals surface area contributed by atoms with Crippen molar-refractivity contribution in [2.75, 3.05) is 6.54 Å². The van der Waals surface area contributed by atoms with Gasteiger partial charge < -0.3 is 9.47 Å². The number of carbonyl (C=O) groups is 2. The fourth-order valence-corrected chi connectivity index (χ4v) is 4.18. The van der Waals surface area contributed by atoms with Gasteiger partial charge in [0.05, 0.1) is 28.4 Å². The number of carbonyl (C=O) groups excluding carboxylic acids is 2. The molecule has 1 aliphatic heterocycles. The van der Waals surface area contributed by atoms with Crippen LogP contribution >= 0.6 is 11.3 Å². The van der Waals surface area contributed by atoms with Crippen LogP contribution in [0.3, 0.4) is 0 Å². The highest BCUT2D eigenvalue weighted by molar-refractivity contribution is 7.16. The van der Waals surface area contributed by atoms with Crippen LogP contribution < -0.4 is 4.80 Å². The predicted molar refractivity (Wildman–Crippen MR) is 99.1 cm³/mol. The Labute approximate surface area is 154 Å². The molecule has 1 aromatic carbocycles. The molecule has 132 valence electrons. The number of para-hydroxylation sites is 1. The molecule has 0 aliphatic carbocycles. The molecular formula is C19H18N4O2S. The van der Waals surface area contributed by atoms with Gasteiger partial charge in [0.25, 0.3) is 5.91 Å². The van der Waals surface area contributed by atoms with Gasteiger partial charge in [-0.05, 0) is 24.3 Å². The molecule has 1 fully saturated rings. The number of nitrogens with zero attached hydrogens (tertiary/aromatic N) is 4. The molecular weight excluding hydrogens is 348 g/mol. The molecule has 1 saturated heterocycles. The van der Waals surface area contributed by atoms with E-state index < -0.39 is 5.92 Å². The summed E-state index contributed by atoms with van der Waals surface area (Å²) in [4.78, 5) is 35.8. The van der Waals surface area contributed by atoms with Crippen LogP contribution in [0.5, 0.6) is 0 Å². The summed E-state index contributed by atoms with van der Waals surface area (Å²) in [5.74, 6) is -0.648. The number of amides is 2. The van der Waals surface area contributed by atoms with Crippen molar-refractivity contribution in [3.63, 3.8) is 0 Å². The van der Waals surface area contributed by atoms with Crippen molar-refractivity contribution in [1.29, 1.82) is 0 Å². The minimum absolute atomic E-state index is 0.0232. The molecule has 1 aliphatic rings. The summed E-state index contributed by atoms with van der Waals surface area (Å²) in [6, 6.07) is 13.6. The van der Waals surface area contributed by atoms with Crippen molar-refractivity contribution < 1.29 is 9.59 Å². The zero-order valence-electron chi connectivity index (χ0n) is 14.3. The Kier molecular flexibility index (Phi) is 4.38. The number of aromatic nitrogens is 2. The van der Waals surface area contributed by atoms with Gasteiger partial charge in [0.2, 0.25) is 5.91 Å². The Morgan fingerprint density at radius 2 is 2.08 bits per heavy atom. The van der Waals surface area contributed by atoms with Gasteiger partial charge in [-0.25, -0.2) is 0 Å². The number of rotatable bonds is 3. The third-order valence-electron chi connectivity index (χ3n) is 4.56. The van der Waals surface area contributed by atoms with Gasteiger partial charge in [-0.15, -0.1) is 0 Å². The summed E-state index contributed by atoms with van der Waals surface area (Å²) in [5.41, 5.74) is 1.87. The molecule has 4 rings (SSSR count). The van der Waals surface area contributed by atoms with Crippen LogP contribution in [-0.2, 0) is 23.2 Å². The highest BCUT2D eigenvalue weighted by Gasteiger charge is 2.34. The first-order chi connectivity index (χ1) is 12.6. The van der Waals surface area contributed by atoms with E-state index in [1.165, 1.54) is 11.3 Å². The number of benzene rings is 1. The monoisotopic (exact) mass is 366 g/mol. The highest BCUT2D eigenvalue weighted by atomic mass is 32.1. The van der Waals surface area contributed by atoms with E-state index in [0.717, 1.165) is 15.9 Å². The van der Waals surface area contributed by atoms with Gasteiger partial charge in [-0.2, -0.15) is 4.99 Å². The van der Waals surface area contributed by atoms with Crippen molar-refractivity contribution >= 4 is 33.4 Å². The SMILES string of the molecule is Cn1c(=NC(=O)C2CC(=O)N(Cc3ccccn3)C2)sc2ccccc21. The van der Waals surface area contributed by atoms with E-state index in [9.17, 15) is 9.59 Å². The summed E-state index contributed by atoms with van der Waals surface area (Å²) < 4.78 is 3.00. The lowest BCUT2D eigenvalue weighted by Crippen LogP contribution is -2.26. The van der Waals surface area contributed by atoms with Crippen LogP contribution in [0, 0.1) is 5.92 Å². The van der Waals surface area contributed by atoms with E-state index in [2.05, 4.69) is 9.98 Å². The van der Waals surface area contributed by atoms with Crippen molar-refractivity contribution in [3.05, 3.63) is 59.2 Å². The molecule has 1 unspecified atom stereocenters. The maximum atomic E-state index is 12.6. The minimum Gasteiger partial charge on any atom is -0.336 e. The number of thiazole rings is 1. The van der Waals surface area contributed by atoms with E-state index in [-0.39, 0.29) is 18.2 Å². The number of pyridine rings is 1. The Bertz CT molecular complexity index is 1040. The first-order valence-electron chi connectivity index (χ1n) is 8.42. The standard InChI is InChI=1S/C19H18N4O2S/c1-22-15-7-2-3-8-16(15)26-19(22)21-18(25)13-10-17(24)23(11-13)12-14-6-4-5-9-20-14/h2-9,13H,10-12H2,1H3. The van der Waals surface area contributed by atoms with Crippen LogP contribution in [0.2, 0.25) is 0 Å². The fraction of sp³-hybridized carbons (Fsp3) is 0.263. The normalized spacial score (nSPS) is 18.0. The van der Waals surface area contributed by atoms with Crippen LogP contribution in [0.15, 0.2) is 53.7 Å². The van der Waals surface area contributed by atoms with Gasteiger partial charge >= 0.3 is 0 Å². The van der Waals surface area contributed by atoms with Crippen LogP contribution in [0.1, 0.15) is 12.1 Å². The maximum absolute atomic E-state index is 12.6. The van der Waals surface area contributed by atoms with Gasteiger partial charge in [-0.3, -0.25) is 14.6 Å². The first kappa shape index (κ1) is 16.7. The summed E-state index contributed by atoms with van der Waals surface area (Å²) >= 11 is 1.48. The van der Waals surface area contributed by atoms with Crippen LogP contribution in [-0.4, -0.2) is 32.8 Å². The Balaban J connectivity index is 1.53. The van der Waals surface area contributed by atoms with Crippen molar-refractivity contribution in [3.8, 4) is 0 Å². The van der Waals surface area contributed by atoms with E-state index in [4.69, 9.17) is 0 Å². The molecule has 3 heterocycles. The topological polar surface area (TPSA) is 67.6 Å². The molecule has 2 amide bonds. The molecule has 3 aromatic rings. The number of hydrogen-bond acceptors (Lipinski definition) is 4. The summed E-state index contributed by atoms with van der Waals surface area (Å²) in [7, 11) is 1.90. The van der Waals surface area contributed by atoms with Crippen molar-refractivity contribution in [2.45, 2.75) is 13.0 Å². The zero-order valence-corrected chi connectivity index (χ0v) is 15.1. The number of likely N-dealkylation sites (tertiary alicyclic amines) is 1. The number of fused-ring (bicyclic) bond motifs is 1. The Morgan fingerprint density at radius 1 is 1.27 bits per heavy atom. The van der Waals surface area contributed by atoms with Crippen molar-refractivity contribution in [1.82, 2.24) is 14.5 Å². The second-order valence-corrected chi connectivity index (χ2v) is 7.37. The smallest absolute Gasteiger partial charge is 0.253 e. The highest BCUT2D eigenvalue weighted by Crippen LogP contribution is 2.21. The van der Waals surface area contributed by atoms with Gasteiger partial charge in [0.1, 0.15) is 0 Å². The molecule has 1 atom stereocenters. The van der Waals surface area contributed by atoms with E-state index in [1.54, 1.807) is 11.1 Å². The summed E-state index contributed by atoms with van der Waals surface area (Å²) in [6.45, 7) is 0.826. The second-order valence-electron chi connectivity index (χ2n) is 6.36. The lowest BCUT2D eigenvalue weighted by atomic mass is 10.1. The van der Waals surface area contributed by atoms with Gasteiger partial charge in [-0.1, -0.05) is 29.5 Å². The Hall–Kier alpha value is -2.80. The van der Waals surface area contributed by atoms with E-state index in [1.807, 2.05) is 54.1 Å². The molecule has 0 bridgehead atoms. The lowest BCUT2D eigenvalue weighted by Gasteiger charge is -2.15.